The highest BCUT2D eigenvalue weighted by Gasteiger charge is 2.24. The molecule has 1 amide bonds. The van der Waals surface area contributed by atoms with Gasteiger partial charge in [0.25, 0.3) is 0 Å². The van der Waals surface area contributed by atoms with E-state index in [0.717, 1.165) is 43.6 Å². The van der Waals surface area contributed by atoms with Crippen molar-refractivity contribution in [3.8, 4) is 0 Å². The van der Waals surface area contributed by atoms with Crippen molar-refractivity contribution >= 4 is 21.6 Å². The second-order valence-electron chi connectivity index (χ2n) is 7.94. The summed E-state index contributed by atoms with van der Waals surface area (Å²) in [5.74, 6) is 0.111. The van der Waals surface area contributed by atoms with Gasteiger partial charge in [-0.3, -0.25) is 4.79 Å². The molecular weight excluding hydrogens is 374 g/mol. The Labute approximate surface area is 169 Å². The summed E-state index contributed by atoms with van der Waals surface area (Å²) >= 11 is 0. The molecule has 0 radical (unpaired) electrons. The number of amides is 1. The quantitative estimate of drug-likeness (QED) is 0.673. The fourth-order valence-corrected chi connectivity index (χ4v) is 5.55. The maximum absolute atomic E-state index is 12.6. The summed E-state index contributed by atoms with van der Waals surface area (Å²) in [7, 11) is -3.53. The number of aryl methyl sites for hydroxylation is 1. The number of carbonyl (C=O) groups is 1. The predicted molar refractivity (Wildman–Crippen MR) is 112 cm³/mol. The van der Waals surface area contributed by atoms with Crippen LogP contribution < -0.4 is 9.62 Å². The summed E-state index contributed by atoms with van der Waals surface area (Å²) in [6, 6.07) is 5.68. The van der Waals surface area contributed by atoms with Gasteiger partial charge in [-0.25, -0.2) is 13.1 Å². The normalized spacial score (nSPS) is 21.4. The van der Waals surface area contributed by atoms with Crippen molar-refractivity contribution in [2.75, 3.05) is 31.1 Å². The molecule has 0 bridgehead atoms. The highest BCUT2D eigenvalue weighted by atomic mass is 32.2. The molecule has 0 aliphatic carbocycles. The number of hydrogen-bond donors (Lipinski definition) is 1. The summed E-state index contributed by atoms with van der Waals surface area (Å²) in [6.07, 6.45) is 7.21. The average molecular weight is 408 g/mol. The van der Waals surface area contributed by atoms with Gasteiger partial charge in [-0.15, -0.1) is 0 Å². The Kier molecular flexibility index (Phi) is 7.12. The van der Waals surface area contributed by atoms with Gasteiger partial charge in [-0.2, -0.15) is 0 Å². The van der Waals surface area contributed by atoms with Crippen molar-refractivity contribution in [1.29, 1.82) is 0 Å². The van der Waals surface area contributed by atoms with Crippen molar-refractivity contribution in [2.45, 2.75) is 69.7 Å². The molecule has 0 aromatic heterocycles. The van der Waals surface area contributed by atoms with Crippen molar-refractivity contribution in [1.82, 2.24) is 9.62 Å². The lowest BCUT2D eigenvalue weighted by atomic mass is 10.00. The summed E-state index contributed by atoms with van der Waals surface area (Å²) in [4.78, 5) is 16.5. The van der Waals surface area contributed by atoms with Crippen LogP contribution in [0.3, 0.4) is 0 Å². The molecule has 3 rings (SSSR count). The SMILES string of the molecule is CCC1CCCCN1CCCNS(=O)(=O)c1ccc(N2CCCC2=O)c(C)c1. The molecule has 0 saturated carbocycles. The minimum atomic E-state index is -3.53. The first-order chi connectivity index (χ1) is 13.4. The summed E-state index contributed by atoms with van der Waals surface area (Å²) in [5.41, 5.74) is 1.63. The first kappa shape index (κ1) is 21.3. The Bertz CT molecular complexity index is 794. The molecule has 1 unspecified atom stereocenters. The van der Waals surface area contributed by atoms with Crippen LogP contribution in [0.4, 0.5) is 5.69 Å². The van der Waals surface area contributed by atoms with Crippen LogP contribution in [0.5, 0.6) is 0 Å². The monoisotopic (exact) mass is 407 g/mol. The van der Waals surface area contributed by atoms with E-state index in [2.05, 4.69) is 16.5 Å². The molecule has 2 fully saturated rings. The number of rotatable bonds is 8. The zero-order valence-electron chi connectivity index (χ0n) is 17.1. The van der Waals surface area contributed by atoms with Gasteiger partial charge < -0.3 is 9.80 Å². The van der Waals surface area contributed by atoms with Crippen LogP contribution in [-0.4, -0.2) is 51.4 Å². The maximum Gasteiger partial charge on any atom is 0.240 e. The van der Waals surface area contributed by atoms with E-state index >= 15 is 0 Å². The zero-order chi connectivity index (χ0) is 20.1. The van der Waals surface area contributed by atoms with Gasteiger partial charge in [0.1, 0.15) is 0 Å². The molecule has 156 valence electrons. The van der Waals surface area contributed by atoms with Crippen LogP contribution in [0.25, 0.3) is 0 Å². The van der Waals surface area contributed by atoms with Crippen LogP contribution in [0.1, 0.15) is 57.4 Å². The van der Waals surface area contributed by atoms with E-state index in [1.165, 1.54) is 19.3 Å². The van der Waals surface area contributed by atoms with Crippen molar-refractivity contribution in [3.05, 3.63) is 23.8 Å². The van der Waals surface area contributed by atoms with Gasteiger partial charge in [-0.1, -0.05) is 13.3 Å². The third kappa shape index (κ3) is 4.93. The Morgan fingerprint density at radius 2 is 2.00 bits per heavy atom. The van der Waals surface area contributed by atoms with Crippen molar-refractivity contribution in [3.63, 3.8) is 0 Å². The molecule has 1 aromatic rings. The zero-order valence-corrected chi connectivity index (χ0v) is 17.9. The topological polar surface area (TPSA) is 69.7 Å². The summed E-state index contributed by atoms with van der Waals surface area (Å²) < 4.78 is 28.0. The van der Waals surface area contributed by atoms with Gasteiger partial charge in [0, 0.05) is 31.2 Å². The lowest BCUT2D eigenvalue weighted by Gasteiger charge is -2.35. The third-order valence-electron chi connectivity index (χ3n) is 5.98. The molecule has 2 heterocycles. The number of carbonyl (C=O) groups excluding carboxylic acids is 1. The lowest BCUT2D eigenvalue weighted by molar-refractivity contribution is -0.117. The number of likely N-dealkylation sites (tertiary alicyclic amines) is 1. The standard InChI is InChI=1S/C21H33N3O3S/c1-3-18-8-4-5-13-23(18)14-7-12-22-28(26,27)19-10-11-20(17(2)16-19)24-15-6-9-21(24)25/h10-11,16,18,22H,3-9,12-15H2,1-2H3. The van der Waals surface area contributed by atoms with Crippen LogP contribution in [0, 0.1) is 6.92 Å². The van der Waals surface area contributed by atoms with Crippen LogP contribution in [0.15, 0.2) is 23.1 Å². The largest absolute Gasteiger partial charge is 0.312 e. The van der Waals surface area contributed by atoms with Crippen LogP contribution >= 0.6 is 0 Å². The Hall–Kier alpha value is -1.44. The minimum absolute atomic E-state index is 0.111. The Morgan fingerprint density at radius 1 is 1.18 bits per heavy atom. The number of hydrogen-bond acceptors (Lipinski definition) is 4. The average Bonchev–Trinajstić information content (AvgIpc) is 3.11. The second kappa shape index (κ2) is 9.37. The van der Waals surface area contributed by atoms with Gasteiger partial charge in [0.15, 0.2) is 0 Å². The highest BCUT2D eigenvalue weighted by Crippen LogP contribution is 2.27. The molecule has 0 spiro atoms. The Morgan fingerprint density at radius 3 is 2.68 bits per heavy atom. The number of anilines is 1. The van der Waals surface area contributed by atoms with E-state index in [1.54, 1.807) is 23.1 Å². The second-order valence-corrected chi connectivity index (χ2v) is 9.71. The highest BCUT2D eigenvalue weighted by molar-refractivity contribution is 7.89. The molecule has 7 heteroatoms. The van der Waals surface area contributed by atoms with E-state index in [4.69, 9.17) is 0 Å². The molecule has 28 heavy (non-hydrogen) atoms. The fraction of sp³-hybridized carbons (Fsp3) is 0.667. The maximum atomic E-state index is 12.6. The van der Waals surface area contributed by atoms with Gasteiger partial charge >= 0.3 is 0 Å². The van der Waals surface area contributed by atoms with Gasteiger partial charge in [0.05, 0.1) is 4.90 Å². The molecular formula is C21H33N3O3S. The molecule has 1 atom stereocenters. The van der Waals surface area contributed by atoms with Crippen molar-refractivity contribution < 1.29 is 13.2 Å². The summed E-state index contributed by atoms with van der Waals surface area (Å²) in [5, 5.41) is 0. The van der Waals surface area contributed by atoms with Gasteiger partial charge in [0.2, 0.25) is 15.9 Å². The first-order valence-corrected chi connectivity index (χ1v) is 12.1. The lowest BCUT2D eigenvalue weighted by Crippen LogP contribution is -2.40. The first-order valence-electron chi connectivity index (χ1n) is 10.6. The van der Waals surface area contributed by atoms with Gasteiger partial charge in [-0.05, 0) is 75.9 Å². The minimum Gasteiger partial charge on any atom is -0.312 e. The predicted octanol–water partition coefficient (Wildman–Crippen LogP) is 3.05. The molecule has 2 aliphatic rings. The number of nitrogens with one attached hydrogen (secondary N) is 1. The number of nitrogens with zero attached hydrogens (tertiary/aromatic N) is 2. The molecule has 1 N–H and O–H groups in total. The molecule has 6 nitrogen and oxygen atoms in total. The third-order valence-corrected chi connectivity index (χ3v) is 7.44. The van der Waals surface area contributed by atoms with E-state index in [1.807, 2.05) is 6.92 Å². The molecule has 2 saturated heterocycles. The van der Waals surface area contributed by atoms with E-state index in [-0.39, 0.29) is 10.8 Å². The number of sulfonamides is 1. The van der Waals surface area contributed by atoms with Crippen LogP contribution in [0.2, 0.25) is 0 Å². The van der Waals surface area contributed by atoms with Crippen LogP contribution in [-0.2, 0) is 14.8 Å². The molecule has 1 aromatic carbocycles. The Balaban J connectivity index is 1.55. The molecule has 2 aliphatic heterocycles. The fourth-order valence-electron chi connectivity index (χ4n) is 4.39. The number of piperidine rings is 1. The number of benzene rings is 1. The summed E-state index contributed by atoms with van der Waals surface area (Å²) in [6.45, 7) is 7.31. The van der Waals surface area contributed by atoms with E-state index in [9.17, 15) is 13.2 Å². The van der Waals surface area contributed by atoms with E-state index < -0.39 is 10.0 Å². The van der Waals surface area contributed by atoms with E-state index in [0.29, 0.717) is 25.6 Å². The van der Waals surface area contributed by atoms with Crippen molar-refractivity contribution in [2.24, 2.45) is 0 Å². The smallest absolute Gasteiger partial charge is 0.240 e.